The number of rotatable bonds is 5. The molecule has 2 aromatic rings. The molecule has 2 aromatic carbocycles. The summed E-state index contributed by atoms with van der Waals surface area (Å²) in [4.78, 5) is 0.827. The van der Waals surface area contributed by atoms with Crippen molar-refractivity contribution in [2.75, 3.05) is 11.0 Å². The van der Waals surface area contributed by atoms with Gasteiger partial charge in [0.15, 0.2) is 0 Å². The molecule has 112 valence electrons. The Labute approximate surface area is 127 Å². The second kappa shape index (κ2) is 6.46. The highest BCUT2D eigenvalue weighted by atomic mass is 32.2. The second-order valence-corrected chi connectivity index (χ2v) is 6.81. The Hall–Kier alpha value is -1.57. The van der Waals surface area contributed by atoms with E-state index in [1.807, 2.05) is 12.3 Å². The average molecular weight is 327 g/mol. The number of hydrogen-bond acceptors (Lipinski definition) is 4. The number of halogens is 1. The second-order valence-electron chi connectivity index (χ2n) is 4.25. The van der Waals surface area contributed by atoms with E-state index in [0.717, 1.165) is 23.1 Å². The molecular formula is C14H14FNO3S2. The van der Waals surface area contributed by atoms with Crippen molar-refractivity contribution in [1.29, 1.82) is 0 Å². The molecule has 0 aliphatic rings. The van der Waals surface area contributed by atoms with Crippen LogP contribution in [0.5, 0.6) is 0 Å². The molecule has 2 N–H and O–H groups in total. The highest BCUT2D eigenvalue weighted by Gasteiger charge is 2.16. The molecule has 0 saturated carbocycles. The van der Waals surface area contributed by atoms with Gasteiger partial charge in [-0.3, -0.25) is 4.72 Å². The maximum atomic E-state index is 13.3. The topological polar surface area (TPSA) is 66.4 Å². The first-order valence-electron chi connectivity index (χ1n) is 6.02. The molecule has 0 atom stereocenters. The van der Waals surface area contributed by atoms with Crippen LogP contribution in [0.25, 0.3) is 0 Å². The lowest BCUT2D eigenvalue weighted by Crippen LogP contribution is -2.13. The third-order valence-corrected chi connectivity index (χ3v) is 4.92. The maximum absolute atomic E-state index is 13.3. The number of sulfonamides is 1. The number of nitrogens with one attached hydrogen (secondary N) is 1. The van der Waals surface area contributed by atoms with E-state index in [0.29, 0.717) is 5.69 Å². The van der Waals surface area contributed by atoms with Gasteiger partial charge in [0.1, 0.15) is 5.82 Å². The Morgan fingerprint density at radius 1 is 1.24 bits per heavy atom. The van der Waals surface area contributed by atoms with E-state index in [1.165, 1.54) is 11.8 Å². The van der Waals surface area contributed by atoms with Crippen molar-refractivity contribution in [3.8, 4) is 0 Å². The molecule has 0 unspecified atom stereocenters. The van der Waals surface area contributed by atoms with E-state index < -0.39 is 22.4 Å². The molecule has 2 rings (SSSR count). The smallest absolute Gasteiger partial charge is 0.261 e. The van der Waals surface area contributed by atoms with E-state index in [-0.39, 0.29) is 10.5 Å². The van der Waals surface area contributed by atoms with Crippen molar-refractivity contribution in [3.05, 3.63) is 53.8 Å². The minimum absolute atomic E-state index is 0.0595. The van der Waals surface area contributed by atoms with Gasteiger partial charge < -0.3 is 5.11 Å². The molecule has 0 aromatic heterocycles. The summed E-state index contributed by atoms with van der Waals surface area (Å²) in [7, 11) is -3.82. The van der Waals surface area contributed by atoms with Crippen LogP contribution in [0.1, 0.15) is 5.56 Å². The summed E-state index contributed by atoms with van der Waals surface area (Å²) >= 11 is 1.50. The Morgan fingerprint density at radius 2 is 2.00 bits per heavy atom. The molecule has 0 spiro atoms. The van der Waals surface area contributed by atoms with Gasteiger partial charge in [-0.2, -0.15) is 0 Å². The van der Waals surface area contributed by atoms with Crippen molar-refractivity contribution in [3.63, 3.8) is 0 Å². The minimum Gasteiger partial charge on any atom is -0.392 e. The van der Waals surface area contributed by atoms with Crippen molar-refractivity contribution in [1.82, 2.24) is 0 Å². The molecule has 7 heteroatoms. The Balaban J connectivity index is 2.33. The number of anilines is 1. The van der Waals surface area contributed by atoms with Crippen molar-refractivity contribution in [2.24, 2.45) is 0 Å². The van der Waals surface area contributed by atoms with Crippen LogP contribution < -0.4 is 4.72 Å². The number of hydrogen-bond donors (Lipinski definition) is 2. The lowest BCUT2D eigenvalue weighted by atomic mass is 10.2. The van der Waals surface area contributed by atoms with Gasteiger partial charge in [0.05, 0.1) is 11.5 Å². The lowest BCUT2D eigenvalue weighted by Gasteiger charge is -2.10. The highest BCUT2D eigenvalue weighted by molar-refractivity contribution is 7.98. The summed E-state index contributed by atoms with van der Waals surface area (Å²) < 4.78 is 40.3. The van der Waals surface area contributed by atoms with Gasteiger partial charge in [-0.15, -0.1) is 11.8 Å². The van der Waals surface area contributed by atoms with Crippen molar-refractivity contribution in [2.45, 2.75) is 16.4 Å². The molecule has 0 fully saturated rings. The van der Waals surface area contributed by atoms with Gasteiger partial charge in [-0.25, -0.2) is 12.8 Å². The van der Waals surface area contributed by atoms with Gasteiger partial charge in [-0.1, -0.05) is 6.07 Å². The molecule has 0 bridgehead atoms. The minimum atomic E-state index is -3.82. The molecule has 4 nitrogen and oxygen atoms in total. The van der Waals surface area contributed by atoms with E-state index in [1.54, 1.807) is 18.2 Å². The zero-order valence-corrected chi connectivity index (χ0v) is 12.8. The average Bonchev–Trinajstić information content (AvgIpc) is 2.47. The van der Waals surface area contributed by atoms with Gasteiger partial charge in [-0.05, 0) is 42.7 Å². The summed E-state index contributed by atoms with van der Waals surface area (Å²) in [6, 6.07) is 10.3. The Bertz CT molecular complexity index is 748. The van der Waals surface area contributed by atoms with Gasteiger partial charge in [0.25, 0.3) is 10.0 Å². The molecule has 0 saturated heterocycles. The summed E-state index contributed by atoms with van der Waals surface area (Å²) in [6.45, 7) is -0.558. The van der Waals surface area contributed by atoms with E-state index in [9.17, 15) is 12.8 Å². The largest absolute Gasteiger partial charge is 0.392 e. The molecular weight excluding hydrogens is 313 g/mol. The fourth-order valence-electron chi connectivity index (χ4n) is 1.74. The highest BCUT2D eigenvalue weighted by Crippen LogP contribution is 2.22. The predicted molar refractivity (Wildman–Crippen MR) is 81.4 cm³/mol. The van der Waals surface area contributed by atoms with Crippen LogP contribution in [0.3, 0.4) is 0 Å². The van der Waals surface area contributed by atoms with Gasteiger partial charge in [0.2, 0.25) is 0 Å². The van der Waals surface area contributed by atoms with Crippen LogP contribution in [-0.2, 0) is 16.6 Å². The van der Waals surface area contributed by atoms with Crippen molar-refractivity contribution >= 4 is 27.5 Å². The molecule has 21 heavy (non-hydrogen) atoms. The van der Waals surface area contributed by atoms with Crippen LogP contribution >= 0.6 is 11.8 Å². The maximum Gasteiger partial charge on any atom is 0.261 e. The van der Waals surface area contributed by atoms with Crippen LogP contribution in [0.2, 0.25) is 0 Å². The van der Waals surface area contributed by atoms with Crippen LogP contribution in [0, 0.1) is 5.82 Å². The monoisotopic (exact) mass is 327 g/mol. The van der Waals surface area contributed by atoms with Crippen molar-refractivity contribution < 1.29 is 17.9 Å². The number of aliphatic hydroxyl groups is 1. The first kappa shape index (κ1) is 15.8. The molecule has 0 aliphatic carbocycles. The number of aliphatic hydroxyl groups excluding tert-OH is 1. The van der Waals surface area contributed by atoms with E-state index in [2.05, 4.69) is 4.72 Å². The number of benzene rings is 2. The SMILES string of the molecule is CSc1cccc(NS(=O)(=O)c2ccc(F)c(CO)c2)c1. The molecule has 0 aliphatic heterocycles. The zero-order valence-electron chi connectivity index (χ0n) is 11.2. The van der Waals surface area contributed by atoms with Gasteiger partial charge >= 0.3 is 0 Å². The Morgan fingerprint density at radius 3 is 2.67 bits per heavy atom. The normalized spacial score (nSPS) is 11.4. The Kier molecular flexibility index (Phi) is 4.87. The number of thioether (sulfide) groups is 1. The van der Waals surface area contributed by atoms with Gasteiger partial charge in [0, 0.05) is 16.1 Å². The summed E-state index contributed by atoms with van der Waals surface area (Å²) in [5.41, 5.74) is 0.368. The third kappa shape index (κ3) is 3.75. The molecule has 0 radical (unpaired) electrons. The first-order chi connectivity index (χ1) is 9.96. The van der Waals surface area contributed by atoms with Crippen LogP contribution in [0.4, 0.5) is 10.1 Å². The van der Waals surface area contributed by atoms with Crippen LogP contribution in [0.15, 0.2) is 52.3 Å². The fourth-order valence-corrected chi connectivity index (χ4v) is 3.30. The quantitative estimate of drug-likeness (QED) is 0.829. The summed E-state index contributed by atoms with van der Waals surface area (Å²) in [5, 5.41) is 9.01. The van der Waals surface area contributed by atoms with E-state index >= 15 is 0 Å². The van der Waals surface area contributed by atoms with Crippen LogP contribution in [-0.4, -0.2) is 19.8 Å². The van der Waals surface area contributed by atoms with E-state index in [4.69, 9.17) is 5.11 Å². The molecule has 0 amide bonds. The molecule has 0 heterocycles. The fraction of sp³-hybridized carbons (Fsp3) is 0.143. The zero-order chi connectivity index (χ0) is 15.5. The summed E-state index contributed by atoms with van der Waals surface area (Å²) in [5.74, 6) is -0.638. The third-order valence-electron chi connectivity index (χ3n) is 2.82. The lowest BCUT2D eigenvalue weighted by molar-refractivity contribution is 0.275. The standard InChI is InChI=1S/C14H14FNO3S2/c1-20-12-4-2-3-11(8-12)16-21(18,19)13-5-6-14(15)10(7-13)9-17/h2-8,16-17H,9H2,1H3. The first-order valence-corrected chi connectivity index (χ1v) is 8.73. The predicted octanol–water partition coefficient (Wildman–Crippen LogP) is 2.84. The summed E-state index contributed by atoms with van der Waals surface area (Å²) in [6.07, 6.45) is 1.89.